The fourth-order valence-electron chi connectivity index (χ4n) is 1.99. The maximum atomic E-state index is 12.0. The van der Waals surface area contributed by atoms with Crippen LogP contribution < -0.4 is 0 Å². The fraction of sp³-hybridized carbons (Fsp3) is 0.385. The van der Waals surface area contributed by atoms with Crippen molar-refractivity contribution in [1.82, 2.24) is 4.90 Å². The van der Waals surface area contributed by atoms with Gasteiger partial charge < -0.3 is 4.90 Å². The summed E-state index contributed by atoms with van der Waals surface area (Å²) in [6, 6.07) is 9.78. The average molecular weight is 202 g/mol. The van der Waals surface area contributed by atoms with E-state index in [2.05, 4.69) is 6.92 Å². The van der Waals surface area contributed by atoms with Gasteiger partial charge in [-0.2, -0.15) is 0 Å². The van der Waals surface area contributed by atoms with Crippen molar-refractivity contribution in [2.75, 3.05) is 13.1 Å². The predicted octanol–water partition coefficient (Wildman–Crippen LogP) is 2.23. The second kappa shape index (κ2) is 4.47. The lowest BCUT2D eigenvalue weighted by Crippen LogP contribution is -2.31. The molecule has 1 amide bonds. The molecule has 1 aliphatic rings. The summed E-state index contributed by atoms with van der Waals surface area (Å²) in [6.45, 7) is 5.76. The Morgan fingerprint density at radius 1 is 1.20 bits per heavy atom. The van der Waals surface area contributed by atoms with Crippen molar-refractivity contribution in [1.29, 1.82) is 0 Å². The molecule has 1 aliphatic heterocycles. The average Bonchev–Trinajstić information content (AvgIpc) is 2.82. The van der Waals surface area contributed by atoms with Crippen LogP contribution in [0.1, 0.15) is 24.3 Å². The van der Waals surface area contributed by atoms with Gasteiger partial charge >= 0.3 is 0 Å². The predicted molar refractivity (Wildman–Crippen MR) is 60.4 cm³/mol. The highest BCUT2D eigenvalue weighted by Gasteiger charge is 2.23. The molecule has 2 heteroatoms. The zero-order chi connectivity index (χ0) is 10.7. The first-order valence-corrected chi connectivity index (χ1v) is 5.46. The van der Waals surface area contributed by atoms with Gasteiger partial charge in [0.2, 0.25) is 5.91 Å². The Morgan fingerprint density at radius 2 is 1.80 bits per heavy atom. The van der Waals surface area contributed by atoms with E-state index in [-0.39, 0.29) is 11.8 Å². The molecule has 0 saturated carbocycles. The molecular formula is C13H16NO. The molecule has 1 atom stereocenters. The number of rotatable bonds is 2. The maximum absolute atomic E-state index is 12.0. The second-order valence-corrected chi connectivity index (χ2v) is 4.00. The Hall–Kier alpha value is -1.31. The molecular weight excluding hydrogens is 186 g/mol. The molecule has 1 heterocycles. The first-order chi connectivity index (χ1) is 7.29. The molecule has 1 aromatic carbocycles. The van der Waals surface area contributed by atoms with Crippen LogP contribution in [0, 0.1) is 6.92 Å². The van der Waals surface area contributed by atoms with Crippen molar-refractivity contribution in [3.05, 3.63) is 42.8 Å². The largest absolute Gasteiger partial charge is 0.342 e. The molecule has 1 saturated heterocycles. The van der Waals surface area contributed by atoms with Gasteiger partial charge in [-0.05, 0) is 25.3 Å². The quantitative estimate of drug-likeness (QED) is 0.720. The van der Waals surface area contributed by atoms with Gasteiger partial charge in [0.15, 0.2) is 0 Å². The molecule has 0 aromatic heterocycles. The third-order valence-electron chi connectivity index (χ3n) is 2.92. The third-order valence-corrected chi connectivity index (χ3v) is 2.92. The maximum Gasteiger partial charge on any atom is 0.230 e. The van der Waals surface area contributed by atoms with E-state index in [1.807, 2.05) is 35.2 Å². The van der Waals surface area contributed by atoms with Crippen molar-refractivity contribution < 1.29 is 4.79 Å². The van der Waals surface area contributed by atoms with Crippen LogP contribution in [0.2, 0.25) is 0 Å². The summed E-state index contributed by atoms with van der Waals surface area (Å²) in [4.78, 5) is 13.9. The van der Waals surface area contributed by atoms with E-state index in [9.17, 15) is 4.79 Å². The van der Waals surface area contributed by atoms with E-state index in [0.29, 0.717) is 0 Å². The lowest BCUT2D eigenvalue weighted by atomic mass is 10.00. The van der Waals surface area contributed by atoms with Crippen LogP contribution in [0.5, 0.6) is 0 Å². The first kappa shape index (κ1) is 10.2. The van der Waals surface area contributed by atoms with Gasteiger partial charge in [0, 0.05) is 13.1 Å². The van der Waals surface area contributed by atoms with E-state index < -0.39 is 0 Å². The highest BCUT2D eigenvalue weighted by atomic mass is 16.2. The molecule has 2 nitrogen and oxygen atoms in total. The molecule has 0 bridgehead atoms. The Morgan fingerprint density at radius 3 is 2.40 bits per heavy atom. The summed E-state index contributed by atoms with van der Waals surface area (Å²) in [5.41, 5.74) is 1.01. The minimum atomic E-state index is -0.246. The number of benzene rings is 1. The van der Waals surface area contributed by atoms with Gasteiger partial charge in [-0.3, -0.25) is 4.79 Å². The molecule has 0 unspecified atom stereocenters. The van der Waals surface area contributed by atoms with Crippen molar-refractivity contribution in [2.45, 2.75) is 18.8 Å². The van der Waals surface area contributed by atoms with Crippen LogP contribution in [0.4, 0.5) is 0 Å². The van der Waals surface area contributed by atoms with Crippen LogP contribution >= 0.6 is 0 Å². The van der Waals surface area contributed by atoms with Crippen molar-refractivity contribution in [3.8, 4) is 0 Å². The number of carbonyl (C=O) groups is 1. The lowest BCUT2D eigenvalue weighted by molar-refractivity contribution is -0.130. The molecule has 15 heavy (non-hydrogen) atoms. The normalized spacial score (nSPS) is 17.8. The molecule has 1 aromatic rings. The number of carbonyl (C=O) groups excluding carboxylic acids is 1. The number of likely N-dealkylation sites (tertiary alicyclic amines) is 1. The zero-order valence-corrected chi connectivity index (χ0v) is 8.86. The van der Waals surface area contributed by atoms with E-state index >= 15 is 0 Å². The van der Waals surface area contributed by atoms with E-state index in [1.54, 1.807) is 0 Å². The molecule has 0 aliphatic carbocycles. The van der Waals surface area contributed by atoms with Gasteiger partial charge in [0.1, 0.15) is 0 Å². The molecule has 1 fully saturated rings. The minimum absolute atomic E-state index is 0.165. The number of hydrogen-bond donors (Lipinski definition) is 0. The van der Waals surface area contributed by atoms with Crippen LogP contribution in [0.3, 0.4) is 0 Å². The van der Waals surface area contributed by atoms with Crippen molar-refractivity contribution in [3.63, 3.8) is 0 Å². The first-order valence-electron chi connectivity index (χ1n) is 5.46. The van der Waals surface area contributed by atoms with Crippen LogP contribution in [0.25, 0.3) is 0 Å². The number of hydrogen-bond acceptors (Lipinski definition) is 1. The van der Waals surface area contributed by atoms with E-state index in [0.717, 1.165) is 31.5 Å². The van der Waals surface area contributed by atoms with Crippen molar-refractivity contribution in [2.24, 2.45) is 0 Å². The molecule has 2 rings (SSSR count). The number of nitrogens with zero attached hydrogens (tertiary/aromatic N) is 1. The Labute approximate surface area is 90.9 Å². The molecule has 79 valence electrons. The van der Waals surface area contributed by atoms with Gasteiger partial charge in [-0.25, -0.2) is 0 Å². The standard InChI is InChI=1S/C13H16NO/c1-11(12-7-3-2-4-8-12)13(15)14-9-5-6-10-14/h2-4,7-8,11H,1,5-6,9-10H2/t11-/m0/s1. The summed E-state index contributed by atoms with van der Waals surface area (Å²) in [7, 11) is 0. The summed E-state index contributed by atoms with van der Waals surface area (Å²) in [5, 5.41) is 0. The number of amides is 1. The molecule has 0 spiro atoms. The summed E-state index contributed by atoms with van der Waals surface area (Å²) in [5.74, 6) is -0.0806. The summed E-state index contributed by atoms with van der Waals surface area (Å²) >= 11 is 0. The van der Waals surface area contributed by atoms with Crippen LogP contribution in [0.15, 0.2) is 30.3 Å². The summed E-state index contributed by atoms with van der Waals surface area (Å²) < 4.78 is 0. The SMILES string of the molecule is [CH2][C@H](C(=O)N1CCCC1)c1ccccc1. The monoisotopic (exact) mass is 202 g/mol. The topological polar surface area (TPSA) is 20.3 Å². The van der Waals surface area contributed by atoms with Crippen LogP contribution in [-0.4, -0.2) is 23.9 Å². The molecule has 1 radical (unpaired) electrons. The van der Waals surface area contributed by atoms with E-state index in [4.69, 9.17) is 0 Å². The summed E-state index contributed by atoms with van der Waals surface area (Å²) in [6.07, 6.45) is 2.26. The minimum Gasteiger partial charge on any atom is -0.342 e. The highest BCUT2D eigenvalue weighted by molar-refractivity contribution is 5.84. The zero-order valence-electron chi connectivity index (χ0n) is 8.86. The Kier molecular flexibility index (Phi) is 3.05. The van der Waals surface area contributed by atoms with Gasteiger partial charge in [-0.15, -0.1) is 0 Å². The smallest absolute Gasteiger partial charge is 0.230 e. The Bertz CT molecular complexity index is 328. The van der Waals surface area contributed by atoms with Gasteiger partial charge in [0.05, 0.1) is 5.92 Å². The van der Waals surface area contributed by atoms with Crippen LogP contribution in [-0.2, 0) is 4.79 Å². The van der Waals surface area contributed by atoms with Crippen molar-refractivity contribution >= 4 is 5.91 Å². The Balaban J connectivity index is 2.07. The lowest BCUT2D eigenvalue weighted by Gasteiger charge is -2.20. The second-order valence-electron chi connectivity index (χ2n) is 4.00. The van der Waals surface area contributed by atoms with E-state index in [1.165, 1.54) is 0 Å². The van der Waals surface area contributed by atoms with Gasteiger partial charge in [0.25, 0.3) is 0 Å². The third kappa shape index (κ3) is 2.20. The highest BCUT2D eigenvalue weighted by Crippen LogP contribution is 2.19. The molecule has 0 N–H and O–H groups in total. The fourth-order valence-corrected chi connectivity index (χ4v) is 1.99. The van der Waals surface area contributed by atoms with Gasteiger partial charge in [-0.1, -0.05) is 30.3 Å².